The Balaban J connectivity index is 3.88. The van der Waals surface area contributed by atoms with Gasteiger partial charge in [0, 0.05) is 0 Å². The molecular weight excluding hydrogens is 272 g/mol. The third-order valence-corrected chi connectivity index (χ3v) is 4.73. The highest BCUT2D eigenvalue weighted by molar-refractivity contribution is 5.72. The molecule has 0 saturated carbocycles. The van der Waals surface area contributed by atoms with Gasteiger partial charge in [0.25, 0.3) is 0 Å². The molecule has 0 heterocycles. The smallest absolute Gasteiger partial charge is 0.308 e. The predicted octanol–water partition coefficient (Wildman–Crippen LogP) is 6.52. The van der Waals surface area contributed by atoms with E-state index in [1.54, 1.807) is 0 Å². The van der Waals surface area contributed by atoms with Crippen molar-refractivity contribution in [2.24, 2.45) is 11.8 Å². The number of carbonyl (C=O) groups is 1. The average molecular weight is 313 g/mol. The highest BCUT2D eigenvalue weighted by Gasteiger charge is 2.18. The van der Waals surface area contributed by atoms with Crippen molar-refractivity contribution in [1.29, 1.82) is 0 Å². The fraction of sp³-hybridized carbons (Fsp3) is 0.950. The Hall–Kier alpha value is -0.530. The lowest BCUT2D eigenvalue weighted by Crippen LogP contribution is -2.18. The Labute approximate surface area is 139 Å². The van der Waals surface area contributed by atoms with Gasteiger partial charge in [0.2, 0.25) is 0 Å². The van der Waals surface area contributed by atoms with E-state index in [1.165, 1.54) is 51.4 Å². The summed E-state index contributed by atoms with van der Waals surface area (Å²) in [5.41, 5.74) is 0. The van der Waals surface area contributed by atoms with Crippen LogP contribution in [0.4, 0.5) is 0 Å². The second kappa shape index (κ2) is 15.4. The van der Waals surface area contributed by atoms with E-state index < -0.39 is 0 Å². The van der Waals surface area contributed by atoms with E-state index in [1.807, 2.05) is 6.92 Å². The summed E-state index contributed by atoms with van der Waals surface area (Å²) < 4.78 is 5.22. The van der Waals surface area contributed by atoms with Crippen molar-refractivity contribution >= 4 is 5.97 Å². The summed E-state index contributed by atoms with van der Waals surface area (Å²) in [6.07, 6.45) is 14.9. The van der Waals surface area contributed by atoms with Gasteiger partial charge < -0.3 is 4.74 Å². The van der Waals surface area contributed by atoms with Crippen molar-refractivity contribution in [3.05, 3.63) is 0 Å². The van der Waals surface area contributed by atoms with Crippen LogP contribution in [0.25, 0.3) is 0 Å². The first-order valence-electron chi connectivity index (χ1n) is 9.86. The van der Waals surface area contributed by atoms with E-state index in [0.717, 1.165) is 31.6 Å². The minimum absolute atomic E-state index is 0.0327. The van der Waals surface area contributed by atoms with Crippen molar-refractivity contribution in [2.75, 3.05) is 6.61 Å². The van der Waals surface area contributed by atoms with Crippen molar-refractivity contribution in [3.63, 3.8) is 0 Å². The Morgan fingerprint density at radius 2 is 1.32 bits per heavy atom. The first-order chi connectivity index (χ1) is 10.7. The highest BCUT2D eigenvalue weighted by Crippen LogP contribution is 2.22. The van der Waals surface area contributed by atoms with E-state index in [9.17, 15) is 4.79 Å². The minimum Gasteiger partial charge on any atom is -0.466 e. The molecule has 0 aromatic heterocycles. The van der Waals surface area contributed by atoms with Gasteiger partial charge >= 0.3 is 5.97 Å². The lowest BCUT2D eigenvalue weighted by atomic mass is 9.91. The number of carbonyl (C=O) groups excluding carboxylic acids is 1. The number of unbranched alkanes of at least 4 members (excludes halogenated alkanes) is 4. The number of esters is 1. The van der Waals surface area contributed by atoms with Crippen LogP contribution in [0.2, 0.25) is 0 Å². The first-order valence-corrected chi connectivity index (χ1v) is 9.86. The minimum atomic E-state index is 0.0327. The quantitative estimate of drug-likeness (QED) is 0.254. The molecule has 0 spiro atoms. The molecule has 0 aliphatic rings. The van der Waals surface area contributed by atoms with Crippen LogP contribution in [-0.4, -0.2) is 12.6 Å². The highest BCUT2D eigenvalue weighted by atomic mass is 16.5. The van der Waals surface area contributed by atoms with Crippen LogP contribution in [0, 0.1) is 11.8 Å². The zero-order chi connectivity index (χ0) is 16.6. The van der Waals surface area contributed by atoms with E-state index in [4.69, 9.17) is 4.74 Å². The third-order valence-electron chi connectivity index (χ3n) is 4.73. The molecule has 0 aromatic rings. The molecule has 0 aromatic carbocycles. The van der Waals surface area contributed by atoms with Crippen LogP contribution in [0.15, 0.2) is 0 Å². The van der Waals surface area contributed by atoms with Crippen LogP contribution in [-0.2, 0) is 9.53 Å². The van der Waals surface area contributed by atoms with Crippen LogP contribution >= 0.6 is 0 Å². The zero-order valence-corrected chi connectivity index (χ0v) is 15.7. The van der Waals surface area contributed by atoms with Crippen LogP contribution in [0.5, 0.6) is 0 Å². The SMILES string of the molecule is CCCCC(CC)CCCCCC(CCCC)C(=O)OCC. The van der Waals surface area contributed by atoms with Crippen molar-refractivity contribution in [2.45, 2.75) is 105 Å². The predicted molar refractivity (Wildman–Crippen MR) is 96.0 cm³/mol. The second-order valence-electron chi connectivity index (χ2n) is 6.65. The maximum Gasteiger partial charge on any atom is 0.308 e. The van der Waals surface area contributed by atoms with Gasteiger partial charge in [-0.05, 0) is 25.7 Å². The van der Waals surface area contributed by atoms with Crippen molar-refractivity contribution < 1.29 is 9.53 Å². The van der Waals surface area contributed by atoms with Gasteiger partial charge in [0.1, 0.15) is 0 Å². The summed E-state index contributed by atoms with van der Waals surface area (Å²) in [4.78, 5) is 12.0. The van der Waals surface area contributed by atoms with Gasteiger partial charge in [0.05, 0.1) is 12.5 Å². The van der Waals surface area contributed by atoms with E-state index in [0.29, 0.717) is 6.61 Å². The topological polar surface area (TPSA) is 26.3 Å². The number of hydrogen-bond donors (Lipinski definition) is 0. The zero-order valence-electron chi connectivity index (χ0n) is 15.7. The molecule has 0 rings (SSSR count). The number of rotatable bonds is 15. The molecule has 0 N–H and O–H groups in total. The second-order valence-corrected chi connectivity index (χ2v) is 6.65. The van der Waals surface area contributed by atoms with Gasteiger partial charge in [-0.15, -0.1) is 0 Å². The largest absolute Gasteiger partial charge is 0.466 e. The monoisotopic (exact) mass is 312 g/mol. The lowest BCUT2D eigenvalue weighted by Gasteiger charge is -2.16. The van der Waals surface area contributed by atoms with Crippen molar-refractivity contribution in [3.8, 4) is 0 Å². The fourth-order valence-corrected chi connectivity index (χ4v) is 3.14. The molecular formula is C20H40O2. The molecule has 0 fully saturated rings. The number of ether oxygens (including phenoxy) is 1. The van der Waals surface area contributed by atoms with Gasteiger partial charge in [-0.2, -0.15) is 0 Å². The molecule has 2 heteroatoms. The van der Waals surface area contributed by atoms with E-state index >= 15 is 0 Å². The van der Waals surface area contributed by atoms with Gasteiger partial charge in [-0.1, -0.05) is 85.0 Å². The normalized spacial score (nSPS) is 13.8. The summed E-state index contributed by atoms with van der Waals surface area (Å²) in [5.74, 6) is 1.09. The maximum atomic E-state index is 12.0. The first kappa shape index (κ1) is 21.5. The van der Waals surface area contributed by atoms with Crippen LogP contribution < -0.4 is 0 Å². The lowest BCUT2D eigenvalue weighted by molar-refractivity contribution is -0.148. The molecule has 2 unspecified atom stereocenters. The molecule has 2 nitrogen and oxygen atoms in total. The summed E-state index contributed by atoms with van der Waals surface area (Å²) in [6.45, 7) is 9.19. The molecule has 0 saturated heterocycles. The third kappa shape index (κ3) is 11.1. The summed E-state index contributed by atoms with van der Waals surface area (Å²) in [7, 11) is 0. The average Bonchev–Trinajstić information content (AvgIpc) is 2.53. The fourth-order valence-electron chi connectivity index (χ4n) is 3.14. The Kier molecular flexibility index (Phi) is 15.0. The molecule has 0 aliphatic heterocycles. The molecule has 2 atom stereocenters. The molecule has 22 heavy (non-hydrogen) atoms. The number of hydrogen-bond acceptors (Lipinski definition) is 2. The Morgan fingerprint density at radius 3 is 1.91 bits per heavy atom. The van der Waals surface area contributed by atoms with Crippen molar-refractivity contribution in [1.82, 2.24) is 0 Å². The van der Waals surface area contributed by atoms with Gasteiger partial charge in [-0.25, -0.2) is 0 Å². The molecule has 0 amide bonds. The maximum absolute atomic E-state index is 12.0. The van der Waals surface area contributed by atoms with Gasteiger partial charge in [0.15, 0.2) is 0 Å². The van der Waals surface area contributed by atoms with Gasteiger partial charge in [-0.3, -0.25) is 4.79 Å². The summed E-state index contributed by atoms with van der Waals surface area (Å²) in [5, 5.41) is 0. The Bertz CT molecular complexity index is 250. The molecule has 0 radical (unpaired) electrons. The van der Waals surface area contributed by atoms with E-state index in [-0.39, 0.29) is 11.9 Å². The van der Waals surface area contributed by atoms with E-state index in [2.05, 4.69) is 20.8 Å². The molecule has 132 valence electrons. The summed E-state index contributed by atoms with van der Waals surface area (Å²) in [6, 6.07) is 0. The molecule has 0 aliphatic carbocycles. The van der Waals surface area contributed by atoms with Crippen LogP contribution in [0.3, 0.4) is 0 Å². The summed E-state index contributed by atoms with van der Waals surface area (Å²) >= 11 is 0. The molecule has 0 bridgehead atoms. The Morgan fingerprint density at radius 1 is 0.773 bits per heavy atom. The standard InChI is InChI=1S/C20H40O2/c1-5-9-14-18(7-3)15-12-11-13-17-19(16-10-6-2)20(21)22-8-4/h18-19H,5-17H2,1-4H3. The van der Waals surface area contributed by atoms with Crippen LogP contribution in [0.1, 0.15) is 105 Å².